The predicted octanol–water partition coefficient (Wildman–Crippen LogP) is 6.32. The van der Waals surface area contributed by atoms with Crippen molar-refractivity contribution in [2.45, 2.75) is 26.8 Å². The Morgan fingerprint density at radius 1 is 1.06 bits per heavy atom. The third kappa shape index (κ3) is 4.95. The number of aliphatic hydroxyl groups excluding tert-OH is 1. The minimum atomic E-state index is -0.865. The highest BCUT2D eigenvalue weighted by Gasteiger charge is 2.47. The number of anilines is 1. The van der Waals surface area contributed by atoms with Gasteiger partial charge in [-0.15, -0.1) is 0 Å². The van der Waals surface area contributed by atoms with Gasteiger partial charge in [-0.2, -0.15) is 0 Å². The second kappa shape index (κ2) is 10.5. The zero-order valence-corrected chi connectivity index (χ0v) is 21.4. The van der Waals surface area contributed by atoms with Crippen LogP contribution in [-0.4, -0.2) is 30.5 Å². The Hall–Kier alpha value is -3.77. The van der Waals surface area contributed by atoms with E-state index in [1.807, 2.05) is 43.3 Å². The van der Waals surface area contributed by atoms with Gasteiger partial charge in [0.25, 0.3) is 11.7 Å². The molecule has 3 aromatic rings. The van der Waals surface area contributed by atoms with Crippen LogP contribution in [0.4, 0.5) is 5.69 Å². The minimum absolute atomic E-state index is 0.0243. The van der Waals surface area contributed by atoms with Gasteiger partial charge in [0.2, 0.25) is 0 Å². The summed E-state index contributed by atoms with van der Waals surface area (Å²) < 4.78 is 11.1. The summed E-state index contributed by atoms with van der Waals surface area (Å²) in [6.07, 6.45) is 0. The summed E-state index contributed by atoms with van der Waals surface area (Å²) in [5.74, 6) is -0.443. The Morgan fingerprint density at radius 3 is 2.47 bits per heavy atom. The van der Waals surface area contributed by atoms with Crippen LogP contribution in [0.3, 0.4) is 0 Å². The fraction of sp³-hybridized carbons (Fsp3) is 0.241. The van der Waals surface area contributed by atoms with Crippen LogP contribution in [0.25, 0.3) is 5.76 Å². The standard InChI is InChI=1S/C29H28ClNO5/c1-17(2)16-36-22-10-6-8-19(14-22)26-25(27(32)20-11-12-24(35-4)23(30)15-20)28(33)29(34)31(26)21-9-5-7-18(3)13-21/h5-15,17,26,32H,16H2,1-4H3/b27-25+. The van der Waals surface area contributed by atoms with Gasteiger partial charge in [0, 0.05) is 11.3 Å². The van der Waals surface area contributed by atoms with Crippen molar-refractivity contribution in [3.8, 4) is 11.5 Å². The zero-order chi connectivity index (χ0) is 26.0. The molecule has 0 bridgehead atoms. The van der Waals surface area contributed by atoms with Crippen molar-refractivity contribution < 1.29 is 24.2 Å². The Kier molecular flexibility index (Phi) is 7.36. The normalized spacial score (nSPS) is 17.1. The van der Waals surface area contributed by atoms with Crippen LogP contribution in [0, 0.1) is 12.8 Å². The van der Waals surface area contributed by atoms with E-state index in [1.165, 1.54) is 18.1 Å². The number of ketones is 1. The number of hydrogen-bond donors (Lipinski definition) is 1. The van der Waals surface area contributed by atoms with Gasteiger partial charge in [0.15, 0.2) is 0 Å². The number of rotatable bonds is 7. The summed E-state index contributed by atoms with van der Waals surface area (Å²) in [5, 5.41) is 11.6. The maximum Gasteiger partial charge on any atom is 0.300 e. The van der Waals surface area contributed by atoms with Gasteiger partial charge in [0.1, 0.15) is 17.3 Å². The zero-order valence-electron chi connectivity index (χ0n) is 20.6. The van der Waals surface area contributed by atoms with Crippen LogP contribution in [0.2, 0.25) is 5.02 Å². The van der Waals surface area contributed by atoms with Crippen molar-refractivity contribution in [1.29, 1.82) is 0 Å². The summed E-state index contributed by atoms with van der Waals surface area (Å²) in [6.45, 7) is 6.54. The lowest BCUT2D eigenvalue weighted by Crippen LogP contribution is -2.29. The number of nitrogens with zero attached hydrogens (tertiary/aromatic N) is 1. The molecule has 0 radical (unpaired) electrons. The molecule has 1 amide bonds. The molecule has 0 spiro atoms. The first-order valence-electron chi connectivity index (χ1n) is 11.7. The van der Waals surface area contributed by atoms with E-state index in [-0.39, 0.29) is 16.4 Å². The molecule has 1 atom stereocenters. The molecule has 6 nitrogen and oxygen atoms in total. The first-order chi connectivity index (χ1) is 17.2. The first-order valence-corrected chi connectivity index (χ1v) is 12.0. The van der Waals surface area contributed by atoms with E-state index in [0.29, 0.717) is 40.8 Å². The smallest absolute Gasteiger partial charge is 0.300 e. The van der Waals surface area contributed by atoms with E-state index in [2.05, 4.69) is 13.8 Å². The summed E-state index contributed by atoms with van der Waals surface area (Å²) in [7, 11) is 1.49. The monoisotopic (exact) mass is 505 g/mol. The number of benzene rings is 3. The molecule has 1 unspecified atom stereocenters. The summed E-state index contributed by atoms with van der Waals surface area (Å²) in [4.78, 5) is 28.2. The molecule has 0 aromatic heterocycles. The Labute approximate surface area is 215 Å². The Morgan fingerprint density at radius 2 is 1.81 bits per heavy atom. The van der Waals surface area contributed by atoms with Gasteiger partial charge in [-0.3, -0.25) is 14.5 Å². The molecule has 1 saturated heterocycles. The van der Waals surface area contributed by atoms with Crippen molar-refractivity contribution >= 4 is 34.7 Å². The molecular weight excluding hydrogens is 478 g/mol. The van der Waals surface area contributed by atoms with Gasteiger partial charge in [-0.25, -0.2) is 0 Å². The van der Waals surface area contributed by atoms with Crippen molar-refractivity contribution in [2.75, 3.05) is 18.6 Å². The van der Waals surface area contributed by atoms with Crippen molar-refractivity contribution in [3.63, 3.8) is 0 Å². The van der Waals surface area contributed by atoms with E-state index < -0.39 is 17.7 Å². The SMILES string of the molecule is COc1ccc(/C(O)=C2\C(=O)C(=O)N(c3cccc(C)c3)C2c2cccc(OCC(C)C)c2)cc1Cl. The molecule has 1 fully saturated rings. The molecule has 0 aliphatic carbocycles. The number of amides is 1. The number of aliphatic hydroxyl groups is 1. The van der Waals surface area contributed by atoms with Crippen LogP contribution in [0.1, 0.15) is 36.6 Å². The molecule has 4 rings (SSSR count). The third-order valence-corrected chi connectivity index (χ3v) is 6.20. The topological polar surface area (TPSA) is 76.1 Å². The molecule has 7 heteroatoms. The van der Waals surface area contributed by atoms with Crippen LogP contribution in [0.15, 0.2) is 72.3 Å². The lowest BCUT2D eigenvalue weighted by atomic mass is 9.95. The molecular formula is C29H28ClNO5. The van der Waals surface area contributed by atoms with E-state index in [4.69, 9.17) is 21.1 Å². The maximum absolute atomic E-state index is 13.4. The van der Waals surface area contributed by atoms with Crippen LogP contribution < -0.4 is 14.4 Å². The highest BCUT2D eigenvalue weighted by Crippen LogP contribution is 2.43. The van der Waals surface area contributed by atoms with E-state index >= 15 is 0 Å². The number of aryl methyl sites for hydroxylation is 1. The summed E-state index contributed by atoms with van der Waals surface area (Å²) >= 11 is 6.28. The Balaban J connectivity index is 1.90. The lowest BCUT2D eigenvalue weighted by Gasteiger charge is -2.26. The quantitative estimate of drug-likeness (QED) is 0.231. The van der Waals surface area contributed by atoms with Gasteiger partial charge in [-0.1, -0.05) is 49.7 Å². The Bertz CT molecular complexity index is 1350. The van der Waals surface area contributed by atoms with Gasteiger partial charge < -0.3 is 14.6 Å². The van der Waals surface area contributed by atoms with Crippen LogP contribution in [0.5, 0.6) is 11.5 Å². The summed E-state index contributed by atoms with van der Waals surface area (Å²) in [5.41, 5.74) is 2.41. The maximum atomic E-state index is 13.4. The van der Waals surface area contributed by atoms with Crippen molar-refractivity contribution in [3.05, 3.63) is 94.0 Å². The lowest BCUT2D eigenvalue weighted by molar-refractivity contribution is -0.132. The number of carbonyl (C=O) groups excluding carboxylic acids is 2. The summed E-state index contributed by atoms with van der Waals surface area (Å²) in [6, 6.07) is 18.4. The number of halogens is 1. The van der Waals surface area contributed by atoms with E-state index in [1.54, 1.807) is 24.3 Å². The number of methoxy groups -OCH3 is 1. The van der Waals surface area contributed by atoms with Crippen LogP contribution in [-0.2, 0) is 9.59 Å². The minimum Gasteiger partial charge on any atom is -0.507 e. The largest absolute Gasteiger partial charge is 0.507 e. The average Bonchev–Trinajstić information content (AvgIpc) is 3.12. The molecule has 0 saturated carbocycles. The van der Waals surface area contributed by atoms with E-state index in [0.717, 1.165) is 5.56 Å². The number of Topliss-reactive ketones (excluding diaryl/α,β-unsaturated/α-hetero) is 1. The average molecular weight is 506 g/mol. The number of ether oxygens (including phenoxy) is 2. The molecule has 1 aliphatic heterocycles. The molecule has 36 heavy (non-hydrogen) atoms. The highest BCUT2D eigenvalue weighted by molar-refractivity contribution is 6.51. The van der Waals surface area contributed by atoms with Gasteiger partial charge in [0.05, 0.1) is 30.4 Å². The van der Waals surface area contributed by atoms with Crippen molar-refractivity contribution in [1.82, 2.24) is 0 Å². The molecule has 3 aromatic carbocycles. The van der Waals surface area contributed by atoms with E-state index in [9.17, 15) is 14.7 Å². The number of carbonyl (C=O) groups is 2. The fourth-order valence-electron chi connectivity index (χ4n) is 4.20. The molecule has 1 N–H and O–H groups in total. The fourth-order valence-corrected chi connectivity index (χ4v) is 4.46. The molecule has 1 aliphatic rings. The van der Waals surface area contributed by atoms with Gasteiger partial charge >= 0.3 is 0 Å². The second-order valence-corrected chi connectivity index (χ2v) is 9.54. The highest BCUT2D eigenvalue weighted by atomic mass is 35.5. The first kappa shape index (κ1) is 25.3. The van der Waals surface area contributed by atoms with Gasteiger partial charge in [-0.05, 0) is 66.4 Å². The number of hydrogen-bond acceptors (Lipinski definition) is 5. The second-order valence-electron chi connectivity index (χ2n) is 9.13. The predicted molar refractivity (Wildman–Crippen MR) is 141 cm³/mol. The molecule has 1 heterocycles. The van der Waals surface area contributed by atoms with Crippen molar-refractivity contribution in [2.24, 2.45) is 5.92 Å². The van der Waals surface area contributed by atoms with Crippen LogP contribution >= 0.6 is 11.6 Å². The molecule has 186 valence electrons. The third-order valence-electron chi connectivity index (χ3n) is 5.91.